The second-order valence-electron chi connectivity index (χ2n) is 7.36. The Morgan fingerprint density at radius 3 is 2.55 bits per heavy atom. The molecule has 1 heterocycles. The highest BCUT2D eigenvalue weighted by Crippen LogP contribution is 2.35. The Morgan fingerprint density at radius 2 is 1.87 bits per heavy atom. The van der Waals surface area contributed by atoms with E-state index in [4.69, 9.17) is 14.6 Å². The quantitative estimate of drug-likeness (QED) is 0.428. The minimum absolute atomic E-state index is 0.0971. The van der Waals surface area contributed by atoms with Gasteiger partial charge in [-0.3, -0.25) is 4.79 Å². The number of ether oxygens (including phenoxy) is 2. The van der Waals surface area contributed by atoms with Gasteiger partial charge in [0.05, 0.1) is 12.7 Å². The number of ketones is 1. The van der Waals surface area contributed by atoms with Crippen LogP contribution in [0.2, 0.25) is 0 Å². The van der Waals surface area contributed by atoms with Gasteiger partial charge in [0.15, 0.2) is 5.78 Å². The molecule has 31 heavy (non-hydrogen) atoms. The topological polar surface area (TPSA) is 154 Å². The van der Waals surface area contributed by atoms with Crippen LogP contribution in [0.5, 0.6) is 11.5 Å². The molecular formula is C22H28O9. The van der Waals surface area contributed by atoms with E-state index in [0.29, 0.717) is 5.56 Å². The van der Waals surface area contributed by atoms with Crippen LogP contribution >= 0.6 is 0 Å². The zero-order valence-electron chi connectivity index (χ0n) is 17.4. The van der Waals surface area contributed by atoms with Gasteiger partial charge >= 0.3 is 5.97 Å². The summed E-state index contributed by atoms with van der Waals surface area (Å²) in [7, 11) is 0. The number of benzene rings is 1. The van der Waals surface area contributed by atoms with Crippen molar-refractivity contribution in [3.8, 4) is 11.5 Å². The van der Waals surface area contributed by atoms with Gasteiger partial charge in [0, 0.05) is 12.5 Å². The Hall–Kier alpha value is -2.72. The number of carbonyl (C=O) groups excluding carboxylic acids is 2. The molecule has 0 amide bonds. The Labute approximate surface area is 179 Å². The molecule has 0 aromatic heterocycles. The molecule has 5 N–H and O–H groups in total. The van der Waals surface area contributed by atoms with Crippen LogP contribution in [0.3, 0.4) is 0 Å². The summed E-state index contributed by atoms with van der Waals surface area (Å²) in [5.74, 6) is -1.68. The lowest BCUT2D eigenvalue weighted by Crippen LogP contribution is -2.32. The monoisotopic (exact) mass is 436 g/mol. The van der Waals surface area contributed by atoms with Crippen LogP contribution in [0.25, 0.3) is 6.08 Å². The molecule has 1 aromatic carbocycles. The highest BCUT2D eigenvalue weighted by atomic mass is 16.5. The summed E-state index contributed by atoms with van der Waals surface area (Å²) in [5.41, 5.74) is 0.589. The largest absolute Gasteiger partial charge is 0.507 e. The van der Waals surface area contributed by atoms with Gasteiger partial charge in [-0.05, 0) is 37.5 Å². The van der Waals surface area contributed by atoms with Crippen LogP contribution in [0.4, 0.5) is 0 Å². The van der Waals surface area contributed by atoms with Crippen molar-refractivity contribution in [2.24, 2.45) is 0 Å². The Balaban J connectivity index is 2.49. The minimum atomic E-state index is -1.61. The molecule has 1 unspecified atom stereocenters. The molecule has 170 valence electrons. The molecule has 0 spiro atoms. The van der Waals surface area contributed by atoms with E-state index in [2.05, 4.69) is 0 Å². The fourth-order valence-electron chi connectivity index (χ4n) is 2.98. The summed E-state index contributed by atoms with van der Waals surface area (Å²) >= 11 is 0. The Bertz CT molecular complexity index is 859. The van der Waals surface area contributed by atoms with E-state index in [-0.39, 0.29) is 36.3 Å². The van der Waals surface area contributed by atoms with Gasteiger partial charge < -0.3 is 35.0 Å². The number of aromatic hydroxyl groups is 1. The van der Waals surface area contributed by atoms with Gasteiger partial charge in [0.25, 0.3) is 0 Å². The number of esters is 1. The summed E-state index contributed by atoms with van der Waals surface area (Å²) in [4.78, 5) is 24.7. The van der Waals surface area contributed by atoms with E-state index >= 15 is 0 Å². The number of phenolic OH excluding ortho intramolecular Hbond substituents is 1. The number of cyclic esters (lactones) is 1. The van der Waals surface area contributed by atoms with Crippen molar-refractivity contribution in [3.63, 3.8) is 0 Å². The van der Waals surface area contributed by atoms with Crippen molar-refractivity contribution < 1.29 is 44.6 Å². The summed E-state index contributed by atoms with van der Waals surface area (Å²) in [5, 5.41) is 49.0. The molecule has 0 saturated heterocycles. The highest BCUT2D eigenvalue weighted by molar-refractivity contribution is 5.98. The van der Waals surface area contributed by atoms with Crippen molar-refractivity contribution >= 4 is 17.8 Å². The molecule has 1 aromatic rings. The zero-order chi connectivity index (χ0) is 23.1. The molecule has 0 fully saturated rings. The number of rotatable bonds is 4. The molecular weight excluding hydrogens is 408 g/mol. The van der Waals surface area contributed by atoms with Gasteiger partial charge in [-0.2, -0.15) is 0 Å². The van der Waals surface area contributed by atoms with Crippen LogP contribution in [-0.2, 0) is 9.53 Å². The molecule has 9 nitrogen and oxygen atoms in total. The van der Waals surface area contributed by atoms with Crippen LogP contribution in [0, 0.1) is 6.92 Å². The number of aliphatic hydroxyl groups excluding tert-OH is 4. The Morgan fingerprint density at radius 1 is 1.19 bits per heavy atom. The predicted octanol–water partition coefficient (Wildman–Crippen LogP) is 0.632. The summed E-state index contributed by atoms with van der Waals surface area (Å²) in [6, 6.07) is 1.22. The molecule has 1 aliphatic rings. The van der Waals surface area contributed by atoms with E-state index in [1.807, 2.05) is 0 Å². The van der Waals surface area contributed by atoms with E-state index in [1.165, 1.54) is 24.3 Å². The maximum absolute atomic E-state index is 12.8. The predicted molar refractivity (Wildman–Crippen MR) is 111 cm³/mol. The van der Waals surface area contributed by atoms with Gasteiger partial charge in [-0.25, -0.2) is 4.79 Å². The molecule has 4 atom stereocenters. The zero-order valence-corrected chi connectivity index (χ0v) is 17.4. The van der Waals surface area contributed by atoms with Crippen LogP contribution in [-0.4, -0.2) is 74.9 Å². The molecule has 0 radical (unpaired) electrons. The van der Waals surface area contributed by atoms with Crippen molar-refractivity contribution in [1.82, 2.24) is 0 Å². The number of hydrogen-bond acceptors (Lipinski definition) is 9. The lowest BCUT2D eigenvalue weighted by Gasteiger charge is -2.19. The second-order valence-corrected chi connectivity index (χ2v) is 7.36. The van der Waals surface area contributed by atoms with E-state index < -0.39 is 48.5 Å². The molecule has 0 bridgehead atoms. The number of phenols is 1. The third kappa shape index (κ3) is 6.38. The third-order valence-electron chi connectivity index (χ3n) is 4.79. The number of aliphatic hydroxyl groups is 4. The number of carbonyl (C=O) groups is 2. The SMILES string of the molecule is Cc1c(OCC(O)CO)cc(O)c2c1/C=C/C[C@H](O)[C@H](O)C(=O)/C=C\C[C@H](C)OC2=O. The minimum Gasteiger partial charge on any atom is -0.507 e. The standard InChI is InChI=1S/C22H28O9/c1-12-5-3-7-16(25)21(28)17(26)8-4-6-15-13(2)19(30-11-14(24)10-23)9-18(27)20(15)22(29)31-12/h3-4,6-7,9,12,14,17,21,23-24,26-28H,5,8,10-11H2,1-2H3/b6-4+,7-3-/t12-,14?,17-,21+/m0/s1. The maximum atomic E-state index is 12.8. The van der Waals surface area contributed by atoms with Gasteiger partial charge in [-0.1, -0.05) is 18.2 Å². The van der Waals surface area contributed by atoms with Gasteiger partial charge in [-0.15, -0.1) is 0 Å². The van der Waals surface area contributed by atoms with E-state index in [1.54, 1.807) is 13.8 Å². The van der Waals surface area contributed by atoms with Gasteiger partial charge in [0.1, 0.15) is 42.0 Å². The van der Waals surface area contributed by atoms with Crippen LogP contribution in [0.15, 0.2) is 24.3 Å². The first kappa shape index (κ1) is 24.5. The normalized spacial score (nSPS) is 25.7. The third-order valence-corrected chi connectivity index (χ3v) is 4.79. The van der Waals surface area contributed by atoms with Crippen molar-refractivity contribution in [1.29, 1.82) is 0 Å². The first-order valence-corrected chi connectivity index (χ1v) is 9.88. The van der Waals surface area contributed by atoms with E-state index in [0.717, 1.165) is 6.08 Å². The molecule has 2 rings (SSSR count). The Kier molecular flexibility index (Phi) is 8.76. The lowest BCUT2D eigenvalue weighted by molar-refractivity contribution is -0.127. The van der Waals surface area contributed by atoms with Crippen molar-refractivity contribution in [3.05, 3.63) is 41.0 Å². The maximum Gasteiger partial charge on any atom is 0.342 e. The molecule has 1 aliphatic heterocycles. The first-order valence-electron chi connectivity index (χ1n) is 9.88. The van der Waals surface area contributed by atoms with Crippen molar-refractivity contribution in [2.45, 2.75) is 51.1 Å². The number of hydrogen-bond donors (Lipinski definition) is 5. The van der Waals surface area contributed by atoms with Crippen LogP contribution < -0.4 is 4.74 Å². The van der Waals surface area contributed by atoms with Gasteiger partial charge in [0.2, 0.25) is 0 Å². The summed E-state index contributed by atoms with van der Waals surface area (Å²) in [6.45, 7) is 2.49. The average molecular weight is 436 g/mol. The van der Waals surface area contributed by atoms with E-state index in [9.17, 15) is 30.0 Å². The average Bonchev–Trinajstić information content (AvgIpc) is 2.72. The first-order chi connectivity index (χ1) is 14.6. The summed E-state index contributed by atoms with van der Waals surface area (Å²) < 4.78 is 10.8. The molecule has 0 saturated carbocycles. The fraction of sp³-hybridized carbons (Fsp3) is 0.455. The lowest BCUT2D eigenvalue weighted by atomic mass is 9.97. The smallest absolute Gasteiger partial charge is 0.342 e. The summed E-state index contributed by atoms with van der Waals surface area (Å²) in [6.07, 6.45) is 0.834. The molecule has 9 heteroatoms. The second kappa shape index (κ2) is 11.1. The van der Waals surface area contributed by atoms with Crippen molar-refractivity contribution in [2.75, 3.05) is 13.2 Å². The highest BCUT2D eigenvalue weighted by Gasteiger charge is 2.25. The van der Waals surface area contributed by atoms with Crippen LogP contribution in [0.1, 0.15) is 41.3 Å². The molecule has 0 aliphatic carbocycles. The fourth-order valence-corrected chi connectivity index (χ4v) is 2.98. The number of fused-ring (bicyclic) bond motifs is 1.